The molecule has 0 saturated carbocycles. The third-order valence-electron chi connectivity index (χ3n) is 3.08. The highest BCUT2D eigenvalue weighted by Gasteiger charge is 2.26. The van der Waals surface area contributed by atoms with Crippen molar-refractivity contribution in [3.05, 3.63) is 21.9 Å². The molecule has 2 heterocycles. The predicted molar refractivity (Wildman–Crippen MR) is 64.4 cm³/mol. The second-order valence-corrected chi connectivity index (χ2v) is 5.60. The monoisotopic (exact) mass is 225 g/mol. The molecule has 1 unspecified atom stereocenters. The van der Waals surface area contributed by atoms with Crippen LogP contribution in [0.1, 0.15) is 30.2 Å². The average molecular weight is 225 g/mol. The molecule has 0 radical (unpaired) electrons. The summed E-state index contributed by atoms with van der Waals surface area (Å²) in [7, 11) is 0. The molecule has 0 bridgehead atoms. The van der Waals surface area contributed by atoms with Crippen LogP contribution >= 0.6 is 11.3 Å². The lowest BCUT2D eigenvalue weighted by Crippen LogP contribution is -2.48. The molecule has 15 heavy (non-hydrogen) atoms. The van der Waals surface area contributed by atoms with Gasteiger partial charge in [-0.2, -0.15) is 0 Å². The lowest BCUT2D eigenvalue weighted by Gasteiger charge is -2.34. The fraction of sp³-hybridized carbons (Fsp3) is 0.667. The van der Waals surface area contributed by atoms with Gasteiger partial charge in [0.25, 0.3) is 0 Å². The topological polar surface area (TPSA) is 21.3 Å². The largest absolute Gasteiger partial charge is 0.380 e. The molecule has 0 aromatic carbocycles. The standard InChI is InChI=1S/C12H19NOS/c1-10-4-7-15-11(10)8-13-12(2)5-3-6-14-9-12/h4,7,13H,3,5-6,8-9H2,1-2H3. The van der Waals surface area contributed by atoms with E-state index in [1.54, 1.807) is 0 Å². The summed E-state index contributed by atoms with van der Waals surface area (Å²) < 4.78 is 5.53. The van der Waals surface area contributed by atoms with Crippen molar-refractivity contribution >= 4 is 11.3 Å². The first-order valence-corrected chi connectivity index (χ1v) is 6.43. The van der Waals surface area contributed by atoms with Crippen LogP contribution in [0.2, 0.25) is 0 Å². The summed E-state index contributed by atoms with van der Waals surface area (Å²) in [5, 5.41) is 5.79. The molecule has 2 nitrogen and oxygen atoms in total. The van der Waals surface area contributed by atoms with Crippen LogP contribution in [0.25, 0.3) is 0 Å². The van der Waals surface area contributed by atoms with Gasteiger partial charge in [0.05, 0.1) is 6.61 Å². The molecule has 1 aliphatic rings. The Morgan fingerprint density at radius 2 is 2.47 bits per heavy atom. The third-order valence-corrected chi connectivity index (χ3v) is 4.10. The zero-order valence-corrected chi connectivity index (χ0v) is 10.3. The Morgan fingerprint density at radius 1 is 1.60 bits per heavy atom. The van der Waals surface area contributed by atoms with Crippen LogP contribution in [-0.2, 0) is 11.3 Å². The number of ether oxygens (including phenoxy) is 1. The highest BCUT2D eigenvalue weighted by Crippen LogP contribution is 2.21. The maximum atomic E-state index is 5.53. The second-order valence-electron chi connectivity index (χ2n) is 4.60. The average Bonchev–Trinajstić information content (AvgIpc) is 2.62. The van der Waals surface area contributed by atoms with Gasteiger partial charge in [0.2, 0.25) is 0 Å². The SMILES string of the molecule is Cc1ccsc1CNC1(C)CCCOC1. The minimum absolute atomic E-state index is 0.175. The summed E-state index contributed by atoms with van der Waals surface area (Å²) in [6, 6.07) is 2.18. The van der Waals surface area contributed by atoms with Gasteiger partial charge in [-0.25, -0.2) is 0 Å². The lowest BCUT2D eigenvalue weighted by atomic mass is 9.95. The van der Waals surface area contributed by atoms with Crippen molar-refractivity contribution < 1.29 is 4.74 Å². The Morgan fingerprint density at radius 3 is 3.07 bits per heavy atom. The van der Waals surface area contributed by atoms with Crippen molar-refractivity contribution in [1.82, 2.24) is 5.32 Å². The van der Waals surface area contributed by atoms with Gasteiger partial charge in [-0.15, -0.1) is 11.3 Å². The van der Waals surface area contributed by atoms with Gasteiger partial charge < -0.3 is 10.1 Å². The Bertz CT molecular complexity index is 315. The molecule has 3 heteroatoms. The molecule has 0 spiro atoms. The molecule has 1 N–H and O–H groups in total. The number of aryl methyl sites for hydroxylation is 1. The fourth-order valence-corrected chi connectivity index (χ4v) is 2.80. The molecule has 1 fully saturated rings. The molecule has 1 atom stereocenters. The zero-order chi connectivity index (χ0) is 10.7. The molecule has 1 aromatic heterocycles. The summed E-state index contributed by atoms with van der Waals surface area (Å²) in [6.07, 6.45) is 2.39. The van der Waals surface area contributed by atoms with Gasteiger partial charge in [-0.3, -0.25) is 0 Å². The number of hydrogen-bond donors (Lipinski definition) is 1. The van der Waals surface area contributed by atoms with Gasteiger partial charge in [0.15, 0.2) is 0 Å². The van der Waals surface area contributed by atoms with E-state index >= 15 is 0 Å². The minimum Gasteiger partial charge on any atom is -0.380 e. The van der Waals surface area contributed by atoms with Crippen LogP contribution in [0.3, 0.4) is 0 Å². The first kappa shape index (κ1) is 11.1. The van der Waals surface area contributed by atoms with Crippen molar-refractivity contribution in [2.75, 3.05) is 13.2 Å². The van der Waals surface area contributed by atoms with E-state index in [0.29, 0.717) is 0 Å². The molecule has 1 aromatic rings. The van der Waals surface area contributed by atoms with Crippen LogP contribution in [0.4, 0.5) is 0 Å². The first-order chi connectivity index (χ1) is 7.20. The van der Waals surface area contributed by atoms with Crippen molar-refractivity contribution in [3.63, 3.8) is 0 Å². The Kier molecular flexibility index (Phi) is 3.44. The van der Waals surface area contributed by atoms with E-state index in [1.807, 2.05) is 11.3 Å². The Balaban J connectivity index is 1.89. The molecular weight excluding hydrogens is 206 g/mol. The van der Waals surface area contributed by atoms with Gasteiger partial charge in [0.1, 0.15) is 0 Å². The lowest BCUT2D eigenvalue weighted by molar-refractivity contribution is 0.0279. The number of rotatable bonds is 3. The van der Waals surface area contributed by atoms with Gasteiger partial charge in [0, 0.05) is 23.6 Å². The van der Waals surface area contributed by atoms with E-state index in [-0.39, 0.29) is 5.54 Å². The van der Waals surface area contributed by atoms with Crippen molar-refractivity contribution in [1.29, 1.82) is 0 Å². The third kappa shape index (κ3) is 2.80. The van der Waals surface area contributed by atoms with Gasteiger partial charge in [-0.1, -0.05) is 0 Å². The minimum atomic E-state index is 0.175. The normalized spacial score (nSPS) is 26.8. The van der Waals surface area contributed by atoms with E-state index in [2.05, 4.69) is 30.6 Å². The van der Waals surface area contributed by atoms with Crippen LogP contribution in [0.15, 0.2) is 11.4 Å². The molecule has 0 aliphatic carbocycles. The Hall–Kier alpha value is -0.380. The van der Waals surface area contributed by atoms with Crippen LogP contribution in [-0.4, -0.2) is 18.8 Å². The number of nitrogens with one attached hydrogen (secondary N) is 1. The quantitative estimate of drug-likeness (QED) is 0.854. The summed E-state index contributed by atoms with van der Waals surface area (Å²) in [6.45, 7) is 7.18. The molecule has 84 valence electrons. The zero-order valence-electron chi connectivity index (χ0n) is 9.51. The fourth-order valence-electron chi connectivity index (χ4n) is 1.95. The van der Waals surface area contributed by atoms with Crippen LogP contribution in [0, 0.1) is 6.92 Å². The van der Waals surface area contributed by atoms with Gasteiger partial charge >= 0.3 is 0 Å². The van der Waals surface area contributed by atoms with E-state index in [9.17, 15) is 0 Å². The van der Waals surface area contributed by atoms with Crippen LogP contribution < -0.4 is 5.32 Å². The van der Waals surface area contributed by atoms with Crippen molar-refractivity contribution in [2.24, 2.45) is 0 Å². The maximum absolute atomic E-state index is 5.53. The van der Waals surface area contributed by atoms with E-state index < -0.39 is 0 Å². The Labute approximate surface area is 95.6 Å². The second kappa shape index (κ2) is 4.64. The molecule has 1 saturated heterocycles. The van der Waals surface area contributed by atoms with E-state index in [4.69, 9.17) is 4.74 Å². The summed E-state index contributed by atoms with van der Waals surface area (Å²) in [4.78, 5) is 1.45. The smallest absolute Gasteiger partial charge is 0.0645 e. The van der Waals surface area contributed by atoms with Gasteiger partial charge in [-0.05, 0) is 43.7 Å². The highest BCUT2D eigenvalue weighted by atomic mass is 32.1. The van der Waals surface area contributed by atoms with E-state index in [0.717, 1.165) is 19.8 Å². The molecule has 2 rings (SSSR count). The van der Waals surface area contributed by atoms with Crippen molar-refractivity contribution in [2.45, 2.75) is 38.8 Å². The number of thiophene rings is 1. The highest BCUT2D eigenvalue weighted by molar-refractivity contribution is 7.10. The summed E-state index contributed by atoms with van der Waals surface area (Å²) in [5.74, 6) is 0. The maximum Gasteiger partial charge on any atom is 0.0645 e. The summed E-state index contributed by atoms with van der Waals surface area (Å²) in [5.41, 5.74) is 1.57. The van der Waals surface area contributed by atoms with E-state index in [1.165, 1.54) is 23.3 Å². The first-order valence-electron chi connectivity index (χ1n) is 5.55. The molecule has 0 amide bonds. The van der Waals surface area contributed by atoms with Crippen molar-refractivity contribution in [3.8, 4) is 0 Å². The summed E-state index contributed by atoms with van der Waals surface area (Å²) >= 11 is 1.83. The molecular formula is C12H19NOS. The molecule has 1 aliphatic heterocycles. The van der Waals surface area contributed by atoms with Crippen LogP contribution in [0.5, 0.6) is 0 Å². The predicted octanol–water partition coefficient (Wildman–Crippen LogP) is 2.72. The number of hydrogen-bond acceptors (Lipinski definition) is 3.